The van der Waals surface area contributed by atoms with Crippen molar-refractivity contribution in [3.63, 3.8) is 0 Å². The molecule has 0 aliphatic carbocycles. The van der Waals surface area contributed by atoms with E-state index in [0.717, 1.165) is 26.6 Å². The van der Waals surface area contributed by atoms with E-state index in [2.05, 4.69) is 5.32 Å². The third-order valence-electron chi connectivity index (χ3n) is 7.57. The third kappa shape index (κ3) is 9.68. The van der Waals surface area contributed by atoms with Gasteiger partial charge in [-0.3, -0.25) is 13.9 Å². The Morgan fingerprint density at radius 1 is 0.787 bits per heavy atom. The summed E-state index contributed by atoms with van der Waals surface area (Å²) in [6, 6.07) is 29.5. The SMILES string of the molecule is CCOc1ccc(S(=O)(=O)N(CC(=O)N(Cc2ccc(C)cc2)C(Cc2ccccc2)C(=O)NC(C)(C)C)c2ccc(C)cc2)cc1. The van der Waals surface area contributed by atoms with Crippen LogP contribution in [0.2, 0.25) is 0 Å². The maximum Gasteiger partial charge on any atom is 0.264 e. The zero-order valence-corrected chi connectivity index (χ0v) is 28.9. The van der Waals surface area contributed by atoms with Crippen LogP contribution < -0.4 is 14.4 Å². The second-order valence-corrected chi connectivity index (χ2v) is 14.6. The van der Waals surface area contributed by atoms with Crippen LogP contribution in [-0.2, 0) is 32.6 Å². The number of ether oxygens (including phenoxy) is 1. The van der Waals surface area contributed by atoms with E-state index in [1.165, 1.54) is 17.0 Å². The molecule has 0 saturated heterocycles. The Labute approximate surface area is 279 Å². The van der Waals surface area contributed by atoms with E-state index in [0.29, 0.717) is 18.0 Å². The van der Waals surface area contributed by atoms with Crippen LogP contribution in [0.15, 0.2) is 108 Å². The molecule has 2 amide bonds. The summed E-state index contributed by atoms with van der Waals surface area (Å²) in [5.74, 6) is -0.286. The minimum absolute atomic E-state index is 0.0192. The molecule has 1 unspecified atom stereocenters. The zero-order chi connectivity index (χ0) is 34.2. The van der Waals surface area contributed by atoms with Gasteiger partial charge in [-0.05, 0) is 89.1 Å². The van der Waals surface area contributed by atoms with Gasteiger partial charge in [-0.25, -0.2) is 8.42 Å². The fraction of sp³-hybridized carbons (Fsp3) is 0.316. The second kappa shape index (κ2) is 15.3. The first-order valence-electron chi connectivity index (χ1n) is 15.8. The van der Waals surface area contributed by atoms with Crippen molar-refractivity contribution in [2.24, 2.45) is 0 Å². The monoisotopic (exact) mass is 655 g/mol. The number of sulfonamides is 1. The van der Waals surface area contributed by atoms with E-state index in [1.807, 2.05) is 96.1 Å². The summed E-state index contributed by atoms with van der Waals surface area (Å²) in [6.07, 6.45) is 0.247. The van der Waals surface area contributed by atoms with E-state index in [9.17, 15) is 18.0 Å². The molecular formula is C38H45N3O5S. The average Bonchev–Trinajstić information content (AvgIpc) is 3.03. The molecule has 0 aliphatic heterocycles. The van der Waals surface area contributed by atoms with Gasteiger partial charge in [0.25, 0.3) is 10.0 Å². The second-order valence-electron chi connectivity index (χ2n) is 12.7. The summed E-state index contributed by atoms with van der Waals surface area (Å²) >= 11 is 0. The van der Waals surface area contributed by atoms with Crippen LogP contribution in [-0.4, -0.2) is 49.9 Å². The molecule has 0 aliphatic rings. The number of rotatable bonds is 13. The molecule has 248 valence electrons. The Morgan fingerprint density at radius 2 is 1.36 bits per heavy atom. The van der Waals surface area contributed by atoms with Crippen molar-refractivity contribution < 1.29 is 22.7 Å². The number of benzene rings is 4. The highest BCUT2D eigenvalue weighted by molar-refractivity contribution is 7.92. The first-order chi connectivity index (χ1) is 22.3. The van der Waals surface area contributed by atoms with Gasteiger partial charge in [-0.2, -0.15) is 0 Å². The maximum absolute atomic E-state index is 14.6. The topological polar surface area (TPSA) is 96.0 Å². The van der Waals surface area contributed by atoms with Crippen LogP contribution in [0.1, 0.15) is 49.9 Å². The quantitative estimate of drug-likeness (QED) is 0.179. The standard InChI is InChI=1S/C38H45N3O5S/c1-7-46-33-21-23-34(24-22-33)47(44,45)41(32-19-15-29(3)16-20-32)27-36(42)40(26-31-17-13-28(2)14-18-31)35(37(43)39-38(4,5)6)25-30-11-9-8-10-12-30/h8-24,35H,7,25-27H2,1-6H3,(H,39,43). The smallest absolute Gasteiger partial charge is 0.264 e. The Morgan fingerprint density at radius 3 is 1.91 bits per heavy atom. The Hall–Kier alpha value is -4.63. The minimum Gasteiger partial charge on any atom is -0.494 e. The van der Waals surface area contributed by atoms with Crippen LogP contribution in [0.5, 0.6) is 5.75 Å². The van der Waals surface area contributed by atoms with Gasteiger partial charge in [0.2, 0.25) is 11.8 Å². The first kappa shape index (κ1) is 35.2. The molecule has 4 aromatic rings. The summed E-state index contributed by atoms with van der Waals surface area (Å²) < 4.78 is 35.2. The molecule has 8 nitrogen and oxygen atoms in total. The molecule has 1 N–H and O–H groups in total. The van der Waals surface area contributed by atoms with Crippen LogP contribution in [0, 0.1) is 13.8 Å². The fourth-order valence-electron chi connectivity index (χ4n) is 5.14. The van der Waals surface area contributed by atoms with E-state index in [-0.39, 0.29) is 23.8 Å². The average molecular weight is 656 g/mol. The maximum atomic E-state index is 14.6. The third-order valence-corrected chi connectivity index (χ3v) is 9.35. The van der Waals surface area contributed by atoms with Crippen molar-refractivity contribution in [3.8, 4) is 5.75 Å². The van der Waals surface area contributed by atoms with Crippen LogP contribution in [0.25, 0.3) is 0 Å². The van der Waals surface area contributed by atoms with Gasteiger partial charge >= 0.3 is 0 Å². The summed E-state index contributed by atoms with van der Waals surface area (Å²) in [5, 5.41) is 3.06. The van der Waals surface area contributed by atoms with Crippen molar-refractivity contribution >= 4 is 27.5 Å². The fourth-order valence-corrected chi connectivity index (χ4v) is 6.55. The van der Waals surface area contributed by atoms with Gasteiger partial charge < -0.3 is 15.0 Å². The molecule has 1 atom stereocenters. The predicted molar refractivity (Wildman–Crippen MR) is 187 cm³/mol. The molecule has 0 fully saturated rings. The van der Waals surface area contributed by atoms with Gasteiger partial charge in [0.15, 0.2) is 0 Å². The van der Waals surface area contributed by atoms with Crippen molar-refractivity contribution in [1.29, 1.82) is 0 Å². The normalized spacial score (nSPS) is 12.2. The van der Waals surface area contributed by atoms with E-state index in [4.69, 9.17) is 4.74 Å². The molecule has 0 saturated carbocycles. The van der Waals surface area contributed by atoms with Gasteiger partial charge in [0.05, 0.1) is 17.2 Å². The number of hydrogen-bond acceptors (Lipinski definition) is 5. The van der Waals surface area contributed by atoms with Crippen molar-refractivity contribution in [2.45, 2.75) is 71.0 Å². The largest absolute Gasteiger partial charge is 0.494 e. The Balaban J connectivity index is 1.80. The molecule has 0 bridgehead atoms. The molecule has 0 heterocycles. The lowest BCUT2D eigenvalue weighted by atomic mass is 10.0. The van der Waals surface area contributed by atoms with Crippen LogP contribution >= 0.6 is 0 Å². The van der Waals surface area contributed by atoms with Crippen LogP contribution in [0.3, 0.4) is 0 Å². The number of hydrogen-bond donors (Lipinski definition) is 1. The highest BCUT2D eigenvalue weighted by Crippen LogP contribution is 2.27. The van der Waals surface area contributed by atoms with Crippen molar-refractivity contribution in [1.82, 2.24) is 10.2 Å². The van der Waals surface area contributed by atoms with Crippen molar-refractivity contribution in [2.75, 3.05) is 17.5 Å². The van der Waals surface area contributed by atoms with Gasteiger partial charge in [0, 0.05) is 18.5 Å². The number of amides is 2. The summed E-state index contributed by atoms with van der Waals surface area (Å²) in [4.78, 5) is 30.1. The van der Waals surface area contributed by atoms with Gasteiger partial charge in [-0.15, -0.1) is 0 Å². The number of aryl methyl sites for hydroxylation is 2. The molecule has 0 spiro atoms. The summed E-state index contributed by atoms with van der Waals surface area (Å²) in [5.41, 5.74) is 3.48. The Bertz CT molecular complexity index is 1730. The van der Waals surface area contributed by atoms with E-state index in [1.54, 1.807) is 36.4 Å². The lowest BCUT2D eigenvalue weighted by Gasteiger charge is -2.35. The summed E-state index contributed by atoms with van der Waals surface area (Å²) in [7, 11) is -4.21. The molecular weight excluding hydrogens is 611 g/mol. The van der Waals surface area contributed by atoms with Crippen molar-refractivity contribution in [3.05, 3.63) is 125 Å². The number of nitrogens with zero attached hydrogens (tertiary/aromatic N) is 2. The molecule has 4 aromatic carbocycles. The van der Waals surface area contributed by atoms with E-state index < -0.39 is 34.1 Å². The van der Waals surface area contributed by atoms with Crippen LogP contribution in [0.4, 0.5) is 5.69 Å². The van der Waals surface area contributed by atoms with Gasteiger partial charge in [0.1, 0.15) is 18.3 Å². The molecule has 9 heteroatoms. The number of anilines is 1. The van der Waals surface area contributed by atoms with E-state index >= 15 is 0 Å². The minimum atomic E-state index is -4.21. The summed E-state index contributed by atoms with van der Waals surface area (Å²) in [6.45, 7) is 11.4. The predicted octanol–water partition coefficient (Wildman–Crippen LogP) is 6.45. The molecule has 47 heavy (non-hydrogen) atoms. The number of carbonyl (C=O) groups is 2. The number of carbonyl (C=O) groups excluding carboxylic acids is 2. The lowest BCUT2D eigenvalue weighted by molar-refractivity contribution is -0.140. The highest BCUT2D eigenvalue weighted by atomic mass is 32.2. The Kier molecular flexibility index (Phi) is 11.5. The zero-order valence-electron chi connectivity index (χ0n) is 28.1. The molecule has 4 rings (SSSR count). The van der Waals surface area contributed by atoms with Gasteiger partial charge in [-0.1, -0.05) is 77.9 Å². The molecule has 0 aromatic heterocycles. The molecule has 0 radical (unpaired) electrons. The highest BCUT2D eigenvalue weighted by Gasteiger charge is 2.35. The first-order valence-corrected chi connectivity index (χ1v) is 17.2. The number of nitrogens with one attached hydrogen (secondary N) is 1. The lowest BCUT2D eigenvalue weighted by Crippen LogP contribution is -2.56.